The SMILES string of the molecule is COc1ccccc1CCNC(=O)C(CC(C)C)NC(=O)c1ccc(Cl)cc1Cl. The predicted molar refractivity (Wildman–Crippen MR) is 117 cm³/mol. The number of nitrogens with one attached hydrogen (secondary N) is 2. The molecule has 0 aromatic heterocycles. The number of carbonyl (C=O) groups excluding carboxylic acids is 2. The van der Waals surface area contributed by atoms with E-state index in [9.17, 15) is 9.59 Å². The van der Waals surface area contributed by atoms with Crippen molar-refractivity contribution in [3.8, 4) is 5.75 Å². The molecule has 0 aliphatic rings. The smallest absolute Gasteiger partial charge is 0.253 e. The van der Waals surface area contributed by atoms with Gasteiger partial charge in [0.05, 0.1) is 17.7 Å². The van der Waals surface area contributed by atoms with E-state index < -0.39 is 11.9 Å². The van der Waals surface area contributed by atoms with Crippen molar-refractivity contribution in [1.29, 1.82) is 0 Å². The third-order valence-electron chi connectivity index (χ3n) is 4.39. The van der Waals surface area contributed by atoms with E-state index in [1.54, 1.807) is 19.2 Å². The van der Waals surface area contributed by atoms with Crippen molar-refractivity contribution in [3.05, 3.63) is 63.6 Å². The van der Waals surface area contributed by atoms with Crippen molar-refractivity contribution >= 4 is 35.0 Å². The molecule has 0 fully saturated rings. The fraction of sp³-hybridized carbons (Fsp3) is 0.364. The van der Waals surface area contributed by atoms with E-state index in [-0.39, 0.29) is 22.4 Å². The summed E-state index contributed by atoms with van der Waals surface area (Å²) in [5.41, 5.74) is 1.29. The van der Waals surface area contributed by atoms with Crippen LogP contribution in [-0.4, -0.2) is 31.5 Å². The van der Waals surface area contributed by atoms with E-state index in [0.29, 0.717) is 24.4 Å². The minimum atomic E-state index is -0.660. The van der Waals surface area contributed by atoms with Crippen LogP contribution in [0, 0.1) is 5.92 Å². The quantitative estimate of drug-likeness (QED) is 0.607. The van der Waals surface area contributed by atoms with Crippen LogP contribution in [0.1, 0.15) is 36.2 Å². The molecule has 1 atom stereocenters. The van der Waals surface area contributed by atoms with Gasteiger partial charge in [0.25, 0.3) is 5.91 Å². The minimum Gasteiger partial charge on any atom is -0.496 e. The molecule has 2 amide bonds. The number of hydrogen-bond acceptors (Lipinski definition) is 3. The Morgan fingerprint density at radius 2 is 1.83 bits per heavy atom. The van der Waals surface area contributed by atoms with E-state index in [1.165, 1.54) is 6.07 Å². The number of hydrogen-bond donors (Lipinski definition) is 2. The van der Waals surface area contributed by atoms with E-state index in [4.69, 9.17) is 27.9 Å². The summed E-state index contributed by atoms with van der Waals surface area (Å²) < 4.78 is 5.33. The van der Waals surface area contributed by atoms with Gasteiger partial charge in [-0.3, -0.25) is 9.59 Å². The maximum Gasteiger partial charge on any atom is 0.253 e. The van der Waals surface area contributed by atoms with E-state index in [0.717, 1.165) is 11.3 Å². The number of carbonyl (C=O) groups is 2. The van der Waals surface area contributed by atoms with Crippen LogP contribution >= 0.6 is 23.2 Å². The number of ether oxygens (including phenoxy) is 1. The molecular formula is C22H26Cl2N2O3. The summed E-state index contributed by atoms with van der Waals surface area (Å²) in [4.78, 5) is 25.3. The highest BCUT2D eigenvalue weighted by atomic mass is 35.5. The van der Waals surface area contributed by atoms with Crippen molar-refractivity contribution in [2.75, 3.05) is 13.7 Å². The van der Waals surface area contributed by atoms with Gasteiger partial charge < -0.3 is 15.4 Å². The number of benzene rings is 2. The van der Waals surface area contributed by atoms with Crippen LogP contribution in [0.3, 0.4) is 0 Å². The third-order valence-corrected chi connectivity index (χ3v) is 4.94. The molecular weight excluding hydrogens is 411 g/mol. The van der Waals surface area contributed by atoms with Crippen LogP contribution in [0.25, 0.3) is 0 Å². The molecule has 0 aliphatic heterocycles. The first-order valence-corrected chi connectivity index (χ1v) is 10.2. The second kappa shape index (κ2) is 11.1. The lowest BCUT2D eigenvalue weighted by Crippen LogP contribution is -2.47. The zero-order chi connectivity index (χ0) is 21.4. The fourth-order valence-corrected chi connectivity index (χ4v) is 3.46. The minimum absolute atomic E-state index is 0.223. The maximum atomic E-state index is 12.7. The van der Waals surface area contributed by atoms with Gasteiger partial charge in [-0.15, -0.1) is 0 Å². The molecule has 1 unspecified atom stereocenters. The number of para-hydroxylation sites is 1. The molecule has 0 radical (unpaired) electrons. The topological polar surface area (TPSA) is 67.4 Å². The van der Waals surface area contributed by atoms with Gasteiger partial charge in [-0.2, -0.15) is 0 Å². The first-order valence-electron chi connectivity index (χ1n) is 9.47. The van der Waals surface area contributed by atoms with Crippen molar-refractivity contribution in [1.82, 2.24) is 10.6 Å². The van der Waals surface area contributed by atoms with Crippen LogP contribution in [0.2, 0.25) is 10.0 Å². The van der Waals surface area contributed by atoms with Crippen LogP contribution in [0.5, 0.6) is 5.75 Å². The van der Waals surface area contributed by atoms with Gasteiger partial charge in [0.1, 0.15) is 11.8 Å². The second-order valence-corrected chi connectivity index (χ2v) is 7.98. The van der Waals surface area contributed by atoms with E-state index in [1.807, 2.05) is 38.1 Å². The Hall–Kier alpha value is -2.24. The molecule has 2 aromatic carbocycles. The number of methoxy groups -OCH3 is 1. The molecule has 0 spiro atoms. The molecule has 7 heteroatoms. The third kappa shape index (κ3) is 6.94. The normalized spacial score (nSPS) is 11.8. The highest BCUT2D eigenvalue weighted by Gasteiger charge is 2.23. The molecule has 0 saturated carbocycles. The molecule has 0 saturated heterocycles. The number of rotatable bonds is 9. The molecule has 2 rings (SSSR count). The zero-order valence-electron chi connectivity index (χ0n) is 16.8. The van der Waals surface area contributed by atoms with Crippen LogP contribution in [0.4, 0.5) is 0 Å². The summed E-state index contributed by atoms with van der Waals surface area (Å²) in [7, 11) is 1.62. The number of amides is 2. The Kier molecular flexibility index (Phi) is 8.80. The molecule has 0 bridgehead atoms. The lowest BCUT2D eigenvalue weighted by molar-refractivity contribution is -0.123. The van der Waals surface area contributed by atoms with Gasteiger partial charge >= 0.3 is 0 Å². The van der Waals surface area contributed by atoms with Crippen molar-refractivity contribution < 1.29 is 14.3 Å². The molecule has 156 valence electrons. The van der Waals surface area contributed by atoms with E-state index >= 15 is 0 Å². The van der Waals surface area contributed by atoms with Crippen LogP contribution in [-0.2, 0) is 11.2 Å². The summed E-state index contributed by atoms with van der Waals surface area (Å²) in [5.74, 6) is 0.372. The molecule has 0 heterocycles. The van der Waals surface area contributed by atoms with Crippen molar-refractivity contribution in [3.63, 3.8) is 0 Å². The average Bonchev–Trinajstić information content (AvgIpc) is 2.67. The Balaban J connectivity index is 2.01. The van der Waals surface area contributed by atoms with Gasteiger partial charge in [0.15, 0.2) is 0 Å². The summed E-state index contributed by atoms with van der Waals surface area (Å²) in [5, 5.41) is 6.39. The summed E-state index contributed by atoms with van der Waals surface area (Å²) in [6.07, 6.45) is 1.14. The average molecular weight is 437 g/mol. The standard InChI is InChI=1S/C22H26Cl2N2O3/c1-14(2)12-19(26-21(27)17-9-8-16(23)13-18(17)24)22(28)25-11-10-15-6-4-5-7-20(15)29-3/h4-9,13-14,19H,10-12H2,1-3H3,(H,25,28)(H,26,27). The van der Waals surface area contributed by atoms with Crippen LogP contribution < -0.4 is 15.4 Å². The van der Waals surface area contributed by atoms with Gasteiger partial charge in [0.2, 0.25) is 5.91 Å². The lowest BCUT2D eigenvalue weighted by Gasteiger charge is -2.21. The largest absolute Gasteiger partial charge is 0.496 e. The predicted octanol–water partition coefficient (Wildman–Crippen LogP) is 4.51. The van der Waals surface area contributed by atoms with Gasteiger partial charge in [-0.1, -0.05) is 55.2 Å². The molecule has 2 N–H and O–H groups in total. The Labute approximate surface area is 181 Å². The first kappa shape index (κ1) is 23.0. The van der Waals surface area contributed by atoms with Crippen LogP contribution in [0.15, 0.2) is 42.5 Å². The molecule has 29 heavy (non-hydrogen) atoms. The zero-order valence-corrected chi connectivity index (χ0v) is 18.3. The van der Waals surface area contributed by atoms with E-state index in [2.05, 4.69) is 10.6 Å². The molecule has 2 aromatic rings. The Morgan fingerprint density at radius 1 is 1.10 bits per heavy atom. The van der Waals surface area contributed by atoms with Gasteiger partial charge in [-0.05, 0) is 48.6 Å². The summed E-state index contributed by atoms with van der Waals surface area (Å²) in [6.45, 7) is 4.43. The fourth-order valence-electron chi connectivity index (χ4n) is 2.97. The summed E-state index contributed by atoms with van der Waals surface area (Å²) >= 11 is 12.0. The monoisotopic (exact) mass is 436 g/mol. The van der Waals surface area contributed by atoms with Crippen molar-refractivity contribution in [2.24, 2.45) is 5.92 Å². The Morgan fingerprint density at radius 3 is 2.48 bits per heavy atom. The maximum absolute atomic E-state index is 12.7. The Bertz CT molecular complexity index is 856. The molecule has 0 aliphatic carbocycles. The second-order valence-electron chi connectivity index (χ2n) is 7.13. The first-order chi connectivity index (χ1) is 13.8. The van der Waals surface area contributed by atoms with Gasteiger partial charge in [-0.25, -0.2) is 0 Å². The number of halogens is 2. The van der Waals surface area contributed by atoms with Crippen molar-refractivity contribution in [2.45, 2.75) is 32.7 Å². The highest BCUT2D eigenvalue weighted by Crippen LogP contribution is 2.21. The summed E-state index contributed by atoms with van der Waals surface area (Å²) in [6, 6.07) is 11.7. The lowest BCUT2D eigenvalue weighted by atomic mass is 10.0. The molecule has 5 nitrogen and oxygen atoms in total. The highest BCUT2D eigenvalue weighted by molar-refractivity contribution is 6.36. The van der Waals surface area contributed by atoms with Gasteiger partial charge in [0, 0.05) is 11.6 Å².